The molecule has 0 aliphatic carbocycles. The van der Waals surface area contributed by atoms with Gasteiger partial charge in [0.05, 0.1) is 6.20 Å². The van der Waals surface area contributed by atoms with E-state index in [2.05, 4.69) is 20.9 Å². The summed E-state index contributed by atoms with van der Waals surface area (Å²) in [7, 11) is 0. The average Bonchev–Trinajstić information content (AvgIpc) is 2.57. The normalized spacial score (nSPS) is 10.5. The molecule has 72 valence electrons. The van der Waals surface area contributed by atoms with Crippen LogP contribution in [0.3, 0.4) is 0 Å². The molecule has 0 aliphatic heterocycles. The first-order chi connectivity index (χ1) is 6.68. The van der Waals surface area contributed by atoms with Gasteiger partial charge in [-0.1, -0.05) is 22.0 Å². The van der Waals surface area contributed by atoms with Crippen LogP contribution in [0.4, 0.5) is 0 Å². The summed E-state index contributed by atoms with van der Waals surface area (Å²) in [5.41, 5.74) is 2.18. The van der Waals surface area contributed by atoms with Crippen LogP contribution in [0.15, 0.2) is 33.3 Å². The van der Waals surface area contributed by atoms with Crippen LogP contribution >= 0.6 is 15.9 Å². The molecule has 0 unspecified atom stereocenters. The lowest BCUT2D eigenvalue weighted by Crippen LogP contribution is -1.83. The van der Waals surface area contributed by atoms with Crippen LogP contribution in [0.5, 0.6) is 0 Å². The van der Waals surface area contributed by atoms with E-state index in [1.54, 1.807) is 6.20 Å². The molecular weight excluding hydrogens is 242 g/mol. The Hall–Kier alpha value is -1.09. The molecule has 0 amide bonds. The van der Waals surface area contributed by atoms with Crippen molar-refractivity contribution in [1.82, 2.24) is 4.98 Å². The second-order valence-corrected chi connectivity index (χ2v) is 4.04. The lowest BCUT2D eigenvalue weighted by molar-refractivity contribution is 0.542. The second-order valence-electron chi connectivity index (χ2n) is 3.19. The van der Waals surface area contributed by atoms with E-state index in [-0.39, 0.29) is 0 Å². The summed E-state index contributed by atoms with van der Waals surface area (Å²) >= 11 is 3.48. The van der Waals surface area contributed by atoms with Gasteiger partial charge in [0.2, 0.25) is 5.89 Å². The van der Waals surface area contributed by atoms with Gasteiger partial charge >= 0.3 is 0 Å². The fraction of sp³-hybridized carbons (Fsp3) is 0.182. The number of halogens is 1. The van der Waals surface area contributed by atoms with Crippen LogP contribution in [-0.2, 0) is 0 Å². The number of aryl methyl sites for hydroxylation is 1. The minimum Gasteiger partial charge on any atom is -0.441 e. The molecule has 2 nitrogen and oxygen atoms in total. The van der Waals surface area contributed by atoms with Crippen molar-refractivity contribution in [3.05, 3.63) is 40.2 Å². The van der Waals surface area contributed by atoms with E-state index in [1.165, 1.54) is 0 Å². The van der Waals surface area contributed by atoms with Crippen LogP contribution in [0.25, 0.3) is 11.5 Å². The number of hydrogen-bond acceptors (Lipinski definition) is 2. The predicted octanol–water partition coefficient (Wildman–Crippen LogP) is 3.72. The first-order valence-electron chi connectivity index (χ1n) is 4.36. The monoisotopic (exact) mass is 251 g/mol. The number of rotatable bonds is 1. The molecule has 1 aromatic carbocycles. The third kappa shape index (κ3) is 1.60. The van der Waals surface area contributed by atoms with Crippen molar-refractivity contribution in [3.8, 4) is 11.5 Å². The zero-order valence-electron chi connectivity index (χ0n) is 8.04. The highest BCUT2D eigenvalue weighted by atomic mass is 79.9. The van der Waals surface area contributed by atoms with Gasteiger partial charge in [0.1, 0.15) is 5.76 Å². The van der Waals surface area contributed by atoms with Crippen LogP contribution < -0.4 is 0 Å². The summed E-state index contributed by atoms with van der Waals surface area (Å²) in [4.78, 5) is 4.20. The topological polar surface area (TPSA) is 26.0 Å². The van der Waals surface area contributed by atoms with Crippen molar-refractivity contribution >= 4 is 15.9 Å². The Balaban J connectivity index is 2.57. The average molecular weight is 252 g/mol. The molecule has 1 heterocycles. The third-order valence-electron chi connectivity index (χ3n) is 2.12. The molecular formula is C11H10BrNO. The molecule has 14 heavy (non-hydrogen) atoms. The highest BCUT2D eigenvalue weighted by Crippen LogP contribution is 2.27. The zero-order valence-corrected chi connectivity index (χ0v) is 9.63. The standard InChI is InChI=1S/C11H10BrNO/c1-7-6-13-11(14-7)9-4-3-5-10(12)8(9)2/h3-6H,1-2H3. The molecule has 0 aliphatic rings. The van der Waals surface area contributed by atoms with Gasteiger partial charge in [-0.15, -0.1) is 0 Å². The summed E-state index contributed by atoms with van der Waals surface area (Å²) in [6, 6.07) is 5.99. The Labute approximate surface area is 91.1 Å². The van der Waals surface area contributed by atoms with Gasteiger partial charge in [0, 0.05) is 10.0 Å². The van der Waals surface area contributed by atoms with E-state index in [0.717, 1.165) is 21.4 Å². The van der Waals surface area contributed by atoms with Gasteiger partial charge < -0.3 is 4.42 Å². The van der Waals surface area contributed by atoms with Crippen molar-refractivity contribution in [2.45, 2.75) is 13.8 Å². The fourth-order valence-electron chi connectivity index (χ4n) is 1.32. The second kappa shape index (κ2) is 3.58. The highest BCUT2D eigenvalue weighted by Gasteiger charge is 2.08. The Kier molecular flexibility index (Phi) is 2.42. The van der Waals surface area contributed by atoms with Crippen molar-refractivity contribution in [2.75, 3.05) is 0 Å². The SMILES string of the molecule is Cc1cnc(-c2cccc(Br)c2C)o1. The van der Waals surface area contributed by atoms with E-state index in [4.69, 9.17) is 4.42 Å². The van der Waals surface area contributed by atoms with Crippen LogP contribution in [0, 0.1) is 13.8 Å². The molecule has 3 heteroatoms. The minimum absolute atomic E-state index is 0.682. The quantitative estimate of drug-likeness (QED) is 0.773. The largest absolute Gasteiger partial charge is 0.441 e. The fourth-order valence-corrected chi connectivity index (χ4v) is 1.68. The van der Waals surface area contributed by atoms with Crippen molar-refractivity contribution < 1.29 is 4.42 Å². The molecule has 0 saturated carbocycles. The number of benzene rings is 1. The van der Waals surface area contributed by atoms with Gasteiger partial charge in [0.25, 0.3) is 0 Å². The molecule has 0 spiro atoms. The van der Waals surface area contributed by atoms with E-state index >= 15 is 0 Å². The van der Waals surface area contributed by atoms with E-state index in [0.29, 0.717) is 5.89 Å². The Morgan fingerprint density at radius 1 is 1.29 bits per heavy atom. The summed E-state index contributed by atoms with van der Waals surface area (Å²) in [5, 5.41) is 0. The predicted molar refractivity (Wildman–Crippen MR) is 59.1 cm³/mol. The van der Waals surface area contributed by atoms with Gasteiger partial charge in [-0.25, -0.2) is 4.98 Å². The number of hydrogen-bond donors (Lipinski definition) is 0. The maximum atomic E-state index is 5.47. The zero-order chi connectivity index (χ0) is 10.1. The lowest BCUT2D eigenvalue weighted by Gasteiger charge is -2.02. The van der Waals surface area contributed by atoms with E-state index in [9.17, 15) is 0 Å². The third-order valence-corrected chi connectivity index (χ3v) is 2.98. The van der Waals surface area contributed by atoms with Crippen molar-refractivity contribution in [2.24, 2.45) is 0 Å². The van der Waals surface area contributed by atoms with E-state index < -0.39 is 0 Å². The number of aromatic nitrogens is 1. The smallest absolute Gasteiger partial charge is 0.226 e. The van der Waals surface area contributed by atoms with Crippen LogP contribution in [0.1, 0.15) is 11.3 Å². The van der Waals surface area contributed by atoms with Gasteiger partial charge in [-0.3, -0.25) is 0 Å². The number of nitrogens with zero attached hydrogens (tertiary/aromatic N) is 1. The molecule has 0 saturated heterocycles. The highest BCUT2D eigenvalue weighted by molar-refractivity contribution is 9.10. The molecule has 0 N–H and O–H groups in total. The maximum absolute atomic E-state index is 5.47. The van der Waals surface area contributed by atoms with Crippen LogP contribution in [0.2, 0.25) is 0 Å². The summed E-state index contributed by atoms with van der Waals surface area (Å²) in [6.45, 7) is 3.93. The summed E-state index contributed by atoms with van der Waals surface area (Å²) in [5.74, 6) is 1.51. The minimum atomic E-state index is 0.682. The van der Waals surface area contributed by atoms with Gasteiger partial charge in [0.15, 0.2) is 0 Å². The molecule has 1 aromatic heterocycles. The maximum Gasteiger partial charge on any atom is 0.226 e. The van der Waals surface area contributed by atoms with Gasteiger partial charge in [-0.05, 0) is 31.5 Å². The molecule has 2 rings (SSSR count). The van der Waals surface area contributed by atoms with Gasteiger partial charge in [-0.2, -0.15) is 0 Å². The molecule has 2 aromatic rings. The van der Waals surface area contributed by atoms with E-state index in [1.807, 2.05) is 32.0 Å². The van der Waals surface area contributed by atoms with Crippen molar-refractivity contribution in [1.29, 1.82) is 0 Å². The summed E-state index contributed by atoms with van der Waals surface area (Å²) < 4.78 is 6.55. The number of oxazole rings is 1. The molecule has 0 bridgehead atoms. The Morgan fingerprint density at radius 3 is 2.71 bits per heavy atom. The molecule has 0 fully saturated rings. The first kappa shape index (κ1) is 9.46. The molecule has 0 radical (unpaired) electrons. The Bertz CT molecular complexity index is 462. The van der Waals surface area contributed by atoms with Crippen molar-refractivity contribution in [3.63, 3.8) is 0 Å². The first-order valence-corrected chi connectivity index (χ1v) is 5.15. The summed E-state index contributed by atoms with van der Waals surface area (Å²) in [6.07, 6.45) is 1.73. The lowest BCUT2D eigenvalue weighted by atomic mass is 10.1. The van der Waals surface area contributed by atoms with Crippen LogP contribution in [-0.4, -0.2) is 4.98 Å². The molecule has 0 atom stereocenters. The Morgan fingerprint density at radius 2 is 2.07 bits per heavy atom.